The molecule has 2 N–H and O–H groups in total. The van der Waals surface area contributed by atoms with Crippen molar-refractivity contribution in [3.8, 4) is 11.3 Å². The van der Waals surface area contributed by atoms with Gasteiger partial charge < -0.3 is 14.8 Å². The fraction of sp³-hybridized carbons (Fsp3) is 0.227. The van der Waals surface area contributed by atoms with Gasteiger partial charge in [-0.1, -0.05) is 12.7 Å². The summed E-state index contributed by atoms with van der Waals surface area (Å²) >= 11 is 0. The lowest BCUT2D eigenvalue weighted by Crippen LogP contribution is -2.24. The number of pyridine rings is 1. The monoisotopic (exact) mass is 475 g/mol. The maximum absolute atomic E-state index is 13.4. The van der Waals surface area contributed by atoms with Crippen LogP contribution in [0.25, 0.3) is 28.5 Å². The Balaban J connectivity index is 2.09. The number of halogens is 1. The molecule has 0 aliphatic rings. The quantitative estimate of drug-likeness (QED) is 0.385. The number of benzene rings is 1. The number of carboxylic acid groups (broad SMARTS) is 1. The van der Waals surface area contributed by atoms with Gasteiger partial charge in [-0.2, -0.15) is 4.31 Å². The van der Waals surface area contributed by atoms with Gasteiger partial charge in [0, 0.05) is 25.6 Å². The molecule has 9 nitrogen and oxygen atoms in total. The molecule has 0 aliphatic carbocycles. The first-order chi connectivity index (χ1) is 15.7. The minimum Gasteiger partial charge on any atom is -0.481 e. The molecule has 2 aromatic heterocycles. The summed E-state index contributed by atoms with van der Waals surface area (Å²) in [6, 6.07) is 7.05. The van der Waals surface area contributed by atoms with E-state index >= 15 is 0 Å². The van der Waals surface area contributed by atoms with E-state index in [4.69, 9.17) is 9.52 Å². The third-order valence-corrected chi connectivity index (χ3v) is 5.75. The van der Waals surface area contributed by atoms with Crippen molar-refractivity contribution in [2.24, 2.45) is 0 Å². The second-order valence-electron chi connectivity index (χ2n) is 7.10. The molecule has 0 atom stereocenters. The number of nitrogens with zero attached hydrogens (tertiary/aromatic N) is 2. The number of amides is 1. The van der Waals surface area contributed by atoms with Gasteiger partial charge in [0.05, 0.1) is 23.2 Å². The lowest BCUT2D eigenvalue weighted by Gasteiger charge is -2.15. The first-order valence-corrected chi connectivity index (χ1v) is 11.1. The molecule has 0 saturated carbocycles. The van der Waals surface area contributed by atoms with Crippen LogP contribution in [0, 0.1) is 5.82 Å². The van der Waals surface area contributed by atoms with E-state index < -0.39 is 28.6 Å². The topological polar surface area (TPSA) is 130 Å². The van der Waals surface area contributed by atoms with Crippen LogP contribution in [0.2, 0.25) is 0 Å². The van der Waals surface area contributed by atoms with Crippen molar-refractivity contribution in [2.45, 2.75) is 19.4 Å². The second-order valence-corrected chi connectivity index (χ2v) is 8.14. The average Bonchev–Trinajstić information content (AvgIpc) is 3.15. The van der Waals surface area contributed by atoms with E-state index in [1.165, 1.54) is 37.4 Å². The molecule has 3 rings (SSSR count). The summed E-state index contributed by atoms with van der Waals surface area (Å²) in [5.41, 5.74) is 1.58. The summed E-state index contributed by atoms with van der Waals surface area (Å²) in [6.07, 6.45) is 1.45. The van der Waals surface area contributed by atoms with Gasteiger partial charge in [-0.25, -0.2) is 17.8 Å². The summed E-state index contributed by atoms with van der Waals surface area (Å²) in [5.74, 6) is -1.71. The van der Waals surface area contributed by atoms with Gasteiger partial charge in [-0.15, -0.1) is 0 Å². The predicted molar refractivity (Wildman–Crippen MR) is 120 cm³/mol. The van der Waals surface area contributed by atoms with Crippen LogP contribution in [0.3, 0.4) is 0 Å². The van der Waals surface area contributed by atoms with Gasteiger partial charge >= 0.3 is 5.97 Å². The largest absolute Gasteiger partial charge is 0.481 e. The van der Waals surface area contributed by atoms with E-state index in [0.717, 1.165) is 4.31 Å². The Morgan fingerprint density at radius 3 is 2.58 bits per heavy atom. The van der Waals surface area contributed by atoms with Gasteiger partial charge in [-0.05, 0) is 42.3 Å². The smallest absolute Gasteiger partial charge is 0.303 e. The number of hydrogen-bond donors (Lipinski definition) is 3. The standard InChI is InChI=1S/C22H22FN3O6S/c1-3-13-11-16-19(21(29)24-2)20(14-6-8-15(23)9-7-14)32-22(16)25-17(13)12-26(33(30)31)10-4-5-18(27)28/h3,6-9,11,33H,1,4-5,10,12H2,2H3,(H,24,29)(H,27,28). The zero-order valence-electron chi connectivity index (χ0n) is 17.7. The van der Waals surface area contributed by atoms with Crippen molar-refractivity contribution >= 4 is 39.9 Å². The van der Waals surface area contributed by atoms with Crippen LogP contribution in [0.4, 0.5) is 4.39 Å². The number of aromatic nitrogens is 1. The first-order valence-electron chi connectivity index (χ1n) is 9.93. The number of fused-ring (bicyclic) bond motifs is 1. The SMILES string of the molecule is C=Cc1cc2c(C(=O)NC)c(-c3ccc(F)cc3)oc2nc1CN(CCCC(=O)O)[SH](=O)=O. The molecule has 11 heteroatoms. The highest BCUT2D eigenvalue weighted by atomic mass is 32.2. The van der Waals surface area contributed by atoms with Gasteiger partial charge in [0.2, 0.25) is 16.6 Å². The van der Waals surface area contributed by atoms with Crippen LogP contribution in [0.1, 0.15) is 34.5 Å². The number of carbonyl (C=O) groups excluding carboxylic acids is 1. The first kappa shape index (κ1) is 24.1. The van der Waals surface area contributed by atoms with E-state index in [9.17, 15) is 22.4 Å². The minimum absolute atomic E-state index is 0.00375. The fourth-order valence-corrected chi connectivity index (χ4v) is 3.89. The molecule has 1 amide bonds. The van der Waals surface area contributed by atoms with Crippen LogP contribution in [0.15, 0.2) is 41.3 Å². The molecule has 2 heterocycles. The van der Waals surface area contributed by atoms with Crippen LogP contribution >= 0.6 is 0 Å². The number of thiol groups is 1. The highest BCUT2D eigenvalue weighted by Crippen LogP contribution is 2.34. The third-order valence-electron chi connectivity index (χ3n) is 4.95. The number of carboxylic acids is 1. The summed E-state index contributed by atoms with van der Waals surface area (Å²) in [5, 5.41) is 11.7. The average molecular weight is 475 g/mol. The number of rotatable bonds is 10. The van der Waals surface area contributed by atoms with E-state index in [1.54, 1.807) is 6.07 Å². The van der Waals surface area contributed by atoms with E-state index in [2.05, 4.69) is 16.9 Å². The molecule has 1 aromatic carbocycles. The van der Waals surface area contributed by atoms with Gasteiger partial charge in [-0.3, -0.25) is 9.59 Å². The number of aliphatic carboxylic acids is 1. The lowest BCUT2D eigenvalue weighted by molar-refractivity contribution is -0.137. The molecule has 3 aromatic rings. The Kier molecular flexibility index (Phi) is 7.56. The molecule has 33 heavy (non-hydrogen) atoms. The molecular weight excluding hydrogens is 453 g/mol. The molecule has 0 fully saturated rings. The van der Waals surface area contributed by atoms with Gasteiger partial charge in [0.15, 0.2) is 0 Å². The Hall–Kier alpha value is -3.57. The molecule has 0 radical (unpaired) electrons. The van der Waals surface area contributed by atoms with Crippen LogP contribution < -0.4 is 5.32 Å². The molecule has 0 spiro atoms. The molecule has 0 unspecified atom stereocenters. The van der Waals surface area contributed by atoms with Crippen molar-refractivity contribution in [2.75, 3.05) is 13.6 Å². The zero-order chi connectivity index (χ0) is 24.1. The Morgan fingerprint density at radius 2 is 2.00 bits per heavy atom. The third kappa shape index (κ3) is 5.44. The molecule has 0 aliphatic heterocycles. The fourth-order valence-electron chi connectivity index (χ4n) is 3.34. The highest BCUT2D eigenvalue weighted by Gasteiger charge is 2.24. The van der Waals surface area contributed by atoms with Crippen LogP contribution in [-0.4, -0.2) is 48.3 Å². The summed E-state index contributed by atoms with van der Waals surface area (Å²) < 4.78 is 43.7. The highest BCUT2D eigenvalue weighted by molar-refractivity contribution is 7.69. The van der Waals surface area contributed by atoms with Crippen LogP contribution in [-0.2, 0) is 22.2 Å². The summed E-state index contributed by atoms with van der Waals surface area (Å²) in [4.78, 5) is 27.8. The van der Waals surface area contributed by atoms with E-state index in [0.29, 0.717) is 22.2 Å². The van der Waals surface area contributed by atoms with Crippen molar-refractivity contribution < 1.29 is 31.9 Å². The van der Waals surface area contributed by atoms with Crippen molar-refractivity contribution in [3.05, 3.63) is 59.5 Å². The predicted octanol–water partition coefficient (Wildman–Crippen LogP) is 2.83. The zero-order valence-corrected chi connectivity index (χ0v) is 18.6. The van der Waals surface area contributed by atoms with E-state index in [1.807, 2.05) is 0 Å². The minimum atomic E-state index is -3.00. The maximum Gasteiger partial charge on any atom is 0.303 e. The number of hydrogen-bond acceptors (Lipinski definition) is 6. The molecule has 0 saturated heterocycles. The Morgan fingerprint density at radius 1 is 1.30 bits per heavy atom. The van der Waals surface area contributed by atoms with Crippen molar-refractivity contribution in [1.29, 1.82) is 0 Å². The van der Waals surface area contributed by atoms with Crippen molar-refractivity contribution in [3.63, 3.8) is 0 Å². The summed E-state index contributed by atoms with van der Waals surface area (Å²) in [7, 11) is -1.53. The molecule has 174 valence electrons. The lowest BCUT2D eigenvalue weighted by atomic mass is 10.0. The molecular formula is C22H22FN3O6S. The Labute approximate surface area is 190 Å². The molecule has 0 bridgehead atoms. The Bertz CT molecular complexity index is 1280. The number of nitrogens with one attached hydrogen (secondary N) is 1. The van der Waals surface area contributed by atoms with Gasteiger partial charge in [0.25, 0.3) is 5.91 Å². The second kappa shape index (κ2) is 10.4. The normalized spacial score (nSPS) is 11.3. The van der Waals surface area contributed by atoms with Crippen molar-refractivity contribution in [1.82, 2.24) is 14.6 Å². The van der Waals surface area contributed by atoms with Gasteiger partial charge in [0.1, 0.15) is 11.6 Å². The number of furan rings is 1. The summed E-state index contributed by atoms with van der Waals surface area (Å²) in [6.45, 7) is 3.62. The number of carbonyl (C=O) groups is 2. The van der Waals surface area contributed by atoms with Crippen LogP contribution in [0.5, 0.6) is 0 Å². The maximum atomic E-state index is 13.4. The van der Waals surface area contributed by atoms with E-state index in [-0.39, 0.29) is 43.0 Å².